The monoisotopic (exact) mass is 318 g/mol. The molecule has 2 atom stereocenters. The Labute approximate surface area is 135 Å². The van der Waals surface area contributed by atoms with Crippen molar-refractivity contribution in [2.75, 3.05) is 26.4 Å². The summed E-state index contributed by atoms with van der Waals surface area (Å²) in [4.78, 5) is 17.3. The zero-order chi connectivity index (χ0) is 15.9. The molecule has 1 aromatic carbocycles. The minimum absolute atomic E-state index is 0.151. The summed E-state index contributed by atoms with van der Waals surface area (Å²) in [6.07, 6.45) is 1.30. The van der Waals surface area contributed by atoms with Crippen LogP contribution < -0.4 is 5.32 Å². The minimum Gasteiger partial charge on any atom is -0.389 e. The normalized spacial score (nSPS) is 23.4. The maximum absolute atomic E-state index is 12.0. The highest BCUT2D eigenvalue weighted by atomic mass is 16.7. The Morgan fingerprint density at radius 3 is 3.00 bits per heavy atom. The predicted molar refractivity (Wildman–Crippen MR) is 85.0 cm³/mol. The lowest BCUT2D eigenvalue weighted by Crippen LogP contribution is -2.35. The van der Waals surface area contributed by atoms with Gasteiger partial charge >= 0.3 is 0 Å². The van der Waals surface area contributed by atoms with Gasteiger partial charge in [0.05, 0.1) is 19.8 Å². The third-order valence-corrected chi connectivity index (χ3v) is 3.99. The van der Waals surface area contributed by atoms with Crippen molar-refractivity contribution in [3.05, 3.63) is 35.9 Å². The molecule has 6 nitrogen and oxygen atoms in total. The number of nitrogens with one attached hydrogen (secondary N) is 1. The number of hydrogen-bond acceptors (Lipinski definition) is 5. The minimum atomic E-state index is -0.186. The van der Waals surface area contributed by atoms with Gasteiger partial charge in [-0.1, -0.05) is 35.5 Å². The van der Waals surface area contributed by atoms with E-state index in [0.717, 1.165) is 25.2 Å². The number of oxime groups is 1. The number of benzene rings is 1. The topological polar surface area (TPSA) is 69.2 Å². The third-order valence-electron chi connectivity index (χ3n) is 3.99. The first-order valence-electron chi connectivity index (χ1n) is 8.01. The van der Waals surface area contributed by atoms with Gasteiger partial charge in [0.2, 0.25) is 0 Å². The van der Waals surface area contributed by atoms with Gasteiger partial charge in [-0.3, -0.25) is 4.79 Å². The third kappa shape index (κ3) is 4.77. The fourth-order valence-electron chi connectivity index (χ4n) is 2.62. The standard InChI is InChI=1S/C17H22N2O4/c20-17(18-9-14-6-7-21-11-14)16-8-15(23-19-16)12-22-10-13-4-2-1-3-5-13/h1-5,14-15H,6-12H2,(H,18,20). The van der Waals surface area contributed by atoms with Gasteiger partial charge in [0.1, 0.15) is 5.71 Å². The van der Waals surface area contributed by atoms with Crippen molar-refractivity contribution in [3.63, 3.8) is 0 Å². The van der Waals surface area contributed by atoms with Crippen molar-refractivity contribution in [3.8, 4) is 0 Å². The molecule has 0 spiro atoms. The summed E-state index contributed by atoms with van der Waals surface area (Å²) < 4.78 is 10.9. The molecule has 1 N–H and O–H groups in total. The van der Waals surface area contributed by atoms with E-state index < -0.39 is 0 Å². The molecule has 0 saturated carbocycles. The molecule has 0 radical (unpaired) electrons. The van der Waals surface area contributed by atoms with Crippen LogP contribution in [-0.4, -0.2) is 44.1 Å². The number of nitrogens with zero attached hydrogens (tertiary/aromatic N) is 1. The van der Waals surface area contributed by atoms with Gasteiger partial charge in [-0.2, -0.15) is 0 Å². The molecular weight excluding hydrogens is 296 g/mol. The Kier molecular flexibility index (Phi) is 5.60. The second-order valence-electron chi connectivity index (χ2n) is 5.91. The summed E-state index contributed by atoms with van der Waals surface area (Å²) in [5.74, 6) is 0.259. The van der Waals surface area contributed by atoms with Crippen molar-refractivity contribution < 1.29 is 19.1 Å². The Balaban J connectivity index is 1.33. The number of ether oxygens (including phenoxy) is 2. The molecule has 0 bridgehead atoms. The summed E-state index contributed by atoms with van der Waals surface area (Å²) in [6.45, 7) is 3.09. The zero-order valence-electron chi connectivity index (χ0n) is 13.1. The van der Waals surface area contributed by atoms with Gasteiger partial charge in [-0.25, -0.2) is 0 Å². The smallest absolute Gasteiger partial charge is 0.269 e. The van der Waals surface area contributed by atoms with E-state index in [1.807, 2.05) is 30.3 Å². The summed E-state index contributed by atoms with van der Waals surface area (Å²) in [7, 11) is 0. The summed E-state index contributed by atoms with van der Waals surface area (Å²) in [6, 6.07) is 9.95. The lowest BCUT2D eigenvalue weighted by molar-refractivity contribution is -0.115. The maximum atomic E-state index is 12.0. The van der Waals surface area contributed by atoms with Crippen LogP contribution in [0, 0.1) is 5.92 Å². The molecule has 23 heavy (non-hydrogen) atoms. The number of carbonyl (C=O) groups is 1. The molecule has 2 heterocycles. The largest absolute Gasteiger partial charge is 0.389 e. The van der Waals surface area contributed by atoms with E-state index in [0.29, 0.717) is 37.8 Å². The Bertz CT molecular complexity index is 541. The molecule has 1 amide bonds. The summed E-state index contributed by atoms with van der Waals surface area (Å²) in [5, 5.41) is 6.78. The highest BCUT2D eigenvalue weighted by Crippen LogP contribution is 2.14. The molecule has 2 unspecified atom stereocenters. The number of rotatable bonds is 7. The summed E-state index contributed by atoms with van der Waals surface area (Å²) >= 11 is 0. The van der Waals surface area contributed by atoms with Crippen molar-refractivity contribution in [2.24, 2.45) is 11.1 Å². The quantitative estimate of drug-likeness (QED) is 0.827. The maximum Gasteiger partial charge on any atom is 0.269 e. The van der Waals surface area contributed by atoms with Gasteiger partial charge < -0.3 is 19.6 Å². The van der Waals surface area contributed by atoms with E-state index >= 15 is 0 Å². The number of carbonyl (C=O) groups excluding carboxylic acids is 1. The van der Waals surface area contributed by atoms with E-state index in [9.17, 15) is 4.79 Å². The average molecular weight is 318 g/mol. The first-order valence-corrected chi connectivity index (χ1v) is 8.01. The SMILES string of the molecule is O=C(NCC1CCOC1)C1=NOC(COCc2ccccc2)C1. The lowest BCUT2D eigenvalue weighted by Gasteiger charge is -2.10. The molecule has 0 aliphatic carbocycles. The van der Waals surface area contributed by atoms with Gasteiger partial charge in [0.15, 0.2) is 6.10 Å². The van der Waals surface area contributed by atoms with E-state index in [-0.39, 0.29) is 12.0 Å². The van der Waals surface area contributed by atoms with E-state index in [1.165, 1.54) is 0 Å². The molecular formula is C17H22N2O4. The lowest BCUT2D eigenvalue weighted by atomic mass is 10.1. The molecule has 1 saturated heterocycles. The first kappa shape index (κ1) is 16.0. The molecule has 1 aromatic rings. The van der Waals surface area contributed by atoms with Crippen molar-refractivity contribution in [1.82, 2.24) is 5.32 Å². The molecule has 1 fully saturated rings. The van der Waals surface area contributed by atoms with Crippen LogP contribution in [-0.2, 0) is 25.7 Å². The highest BCUT2D eigenvalue weighted by molar-refractivity contribution is 6.39. The Hall–Kier alpha value is -1.92. The van der Waals surface area contributed by atoms with E-state index in [2.05, 4.69) is 10.5 Å². The molecule has 6 heteroatoms. The molecule has 2 aliphatic rings. The zero-order valence-corrected chi connectivity index (χ0v) is 13.1. The number of amides is 1. The van der Waals surface area contributed by atoms with Crippen LogP contribution in [0.15, 0.2) is 35.5 Å². The molecule has 3 rings (SSSR count). The Morgan fingerprint density at radius 1 is 1.35 bits per heavy atom. The Morgan fingerprint density at radius 2 is 2.22 bits per heavy atom. The second-order valence-corrected chi connectivity index (χ2v) is 5.91. The summed E-state index contributed by atoms with van der Waals surface area (Å²) in [5.41, 5.74) is 1.56. The first-order chi connectivity index (χ1) is 11.3. The fraction of sp³-hybridized carbons (Fsp3) is 0.529. The van der Waals surface area contributed by atoms with Crippen molar-refractivity contribution in [2.45, 2.75) is 25.6 Å². The van der Waals surface area contributed by atoms with Crippen molar-refractivity contribution in [1.29, 1.82) is 0 Å². The van der Waals surface area contributed by atoms with Crippen LogP contribution in [0.5, 0.6) is 0 Å². The van der Waals surface area contributed by atoms with Crippen LogP contribution in [0.1, 0.15) is 18.4 Å². The predicted octanol–water partition coefficient (Wildman–Crippen LogP) is 1.50. The second kappa shape index (κ2) is 8.08. The van der Waals surface area contributed by atoms with E-state index in [1.54, 1.807) is 0 Å². The van der Waals surface area contributed by atoms with Gasteiger partial charge in [-0.15, -0.1) is 0 Å². The van der Waals surface area contributed by atoms with Gasteiger partial charge in [-0.05, 0) is 12.0 Å². The van der Waals surface area contributed by atoms with Crippen LogP contribution >= 0.6 is 0 Å². The molecule has 0 aromatic heterocycles. The van der Waals surface area contributed by atoms with Crippen LogP contribution in [0.3, 0.4) is 0 Å². The van der Waals surface area contributed by atoms with E-state index in [4.69, 9.17) is 14.3 Å². The molecule has 124 valence electrons. The fourth-order valence-corrected chi connectivity index (χ4v) is 2.62. The van der Waals surface area contributed by atoms with Gasteiger partial charge in [0.25, 0.3) is 5.91 Å². The molecule has 2 aliphatic heterocycles. The number of hydrogen-bond donors (Lipinski definition) is 1. The average Bonchev–Trinajstić information content (AvgIpc) is 3.25. The van der Waals surface area contributed by atoms with Gasteiger partial charge in [0, 0.05) is 25.5 Å². The van der Waals surface area contributed by atoms with Crippen molar-refractivity contribution >= 4 is 11.6 Å². The van der Waals surface area contributed by atoms with Crippen LogP contribution in [0.2, 0.25) is 0 Å². The highest BCUT2D eigenvalue weighted by Gasteiger charge is 2.27. The van der Waals surface area contributed by atoms with Crippen LogP contribution in [0.25, 0.3) is 0 Å². The van der Waals surface area contributed by atoms with Crippen LogP contribution in [0.4, 0.5) is 0 Å².